The molecule has 14 nitrogen and oxygen atoms in total. The molecule has 1 saturated heterocycles. The van der Waals surface area contributed by atoms with Gasteiger partial charge in [-0.2, -0.15) is 0 Å². The smallest absolute Gasteiger partial charge is 0.326 e. The standard InChI is InChI=1S/C40H55NO13/c1-21(2)16-28(44)41-30-32(53-29(45)11-10-23-8-6-5-7-9-23)31(46)25(19-42)52-34(30)54-36(50)40(35(48)49)18-24(43)17-37(4)26-13-15-39(51)20-38(26,14-12-27(37)40)33(47)22(39)3/h5-9,21,24-27,30-34,42-43,46-47,51H,3,10-20H2,1-2,4H3,(H,41,44)(H,48,49)/t24-,25?,26?,27-,30?,31?,32?,33+,34?,37+,38-,39+,40+/m0/s1. The van der Waals surface area contributed by atoms with Crippen molar-refractivity contribution in [3.05, 3.63) is 48.0 Å². The molecular weight excluding hydrogens is 702 g/mol. The van der Waals surface area contributed by atoms with Crippen molar-refractivity contribution >= 4 is 23.8 Å². The predicted molar refractivity (Wildman–Crippen MR) is 190 cm³/mol. The van der Waals surface area contributed by atoms with Crippen LogP contribution in [0.5, 0.6) is 0 Å². The third-order valence-corrected chi connectivity index (χ3v) is 13.4. The van der Waals surface area contributed by atoms with E-state index in [2.05, 4.69) is 11.9 Å². The normalized spacial score (nSPS) is 41.4. The summed E-state index contributed by atoms with van der Waals surface area (Å²) in [6, 6.07) is 7.64. The van der Waals surface area contributed by atoms with Crippen LogP contribution >= 0.6 is 0 Å². The molecule has 13 atom stereocenters. The number of benzene rings is 1. The fourth-order valence-corrected chi connectivity index (χ4v) is 11.1. The van der Waals surface area contributed by atoms with Gasteiger partial charge in [-0.3, -0.25) is 19.2 Å². The van der Waals surface area contributed by atoms with Crippen LogP contribution in [0.4, 0.5) is 0 Å². The quantitative estimate of drug-likeness (QED) is 0.0972. The van der Waals surface area contributed by atoms with Crippen LogP contribution in [-0.2, 0) is 39.8 Å². The van der Waals surface area contributed by atoms with Crippen LogP contribution in [0.25, 0.3) is 0 Å². The summed E-state index contributed by atoms with van der Waals surface area (Å²) in [4.78, 5) is 54.7. The van der Waals surface area contributed by atoms with Gasteiger partial charge in [-0.15, -0.1) is 0 Å². The number of aryl methyl sites for hydroxylation is 1. The first-order valence-corrected chi connectivity index (χ1v) is 19.1. The van der Waals surface area contributed by atoms with Crippen molar-refractivity contribution in [2.75, 3.05) is 6.61 Å². The van der Waals surface area contributed by atoms with Crippen LogP contribution in [0, 0.1) is 34.0 Å². The van der Waals surface area contributed by atoms with Crippen molar-refractivity contribution in [1.29, 1.82) is 0 Å². The molecule has 4 aliphatic carbocycles. The molecule has 298 valence electrons. The molecule has 1 spiro atoms. The molecule has 5 aliphatic rings. The SMILES string of the molecule is C=C1[C@@H](O)[C@]23CC[C@@H]4[C@](C(=O)O)(C(=O)OC5OC(CO)C(O)C(OC(=O)CCc6ccccc6)C5NC(=O)CC(C)C)C[C@@H](O)C[C@]4(C)C2CC[C@@]1(O)C3. The molecule has 14 heteroatoms. The zero-order valence-electron chi connectivity index (χ0n) is 31.2. The highest BCUT2D eigenvalue weighted by Gasteiger charge is 2.74. The number of ether oxygens (including phenoxy) is 3. The van der Waals surface area contributed by atoms with E-state index in [0.717, 1.165) is 5.56 Å². The van der Waals surface area contributed by atoms with Gasteiger partial charge in [-0.25, -0.2) is 0 Å². The average Bonchev–Trinajstić information content (AvgIpc) is 3.24. The van der Waals surface area contributed by atoms with Crippen LogP contribution < -0.4 is 5.32 Å². The summed E-state index contributed by atoms with van der Waals surface area (Å²) >= 11 is 0. The van der Waals surface area contributed by atoms with Crippen molar-refractivity contribution < 1.29 is 64.0 Å². The molecule has 7 N–H and O–H groups in total. The number of rotatable bonds is 11. The molecular formula is C40H55NO13. The van der Waals surface area contributed by atoms with E-state index in [1.54, 1.807) is 13.8 Å². The highest BCUT2D eigenvalue weighted by molar-refractivity contribution is 6.00. The van der Waals surface area contributed by atoms with E-state index in [4.69, 9.17) is 14.2 Å². The molecule has 6 rings (SSSR count). The van der Waals surface area contributed by atoms with Crippen LogP contribution in [0.2, 0.25) is 0 Å². The molecule has 2 bridgehead atoms. The van der Waals surface area contributed by atoms with Gasteiger partial charge in [0.05, 0.1) is 24.4 Å². The van der Waals surface area contributed by atoms with Gasteiger partial charge in [0.15, 0.2) is 11.5 Å². The lowest BCUT2D eigenvalue weighted by atomic mass is 9.40. The highest BCUT2D eigenvalue weighted by Crippen LogP contribution is 2.73. The first-order chi connectivity index (χ1) is 25.4. The van der Waals surface area contributed by atoms with Gasteiger partial charge in [0, 0.05) is 24.7 Å². The third-order valence-electron chi connectivity index (χ3n) is 13.4. The number of carboxylic acid groups (broad SMARTS) is 1. The lowest BCUT2D eigenvalue weighted by Crippen LogP contribution is -2.68. The fourth-order valence-electron chi connectivity index (χ4n) is 11.1. The second-order valence-electron chi connectivity index (χ2n) is 17.1. The second kappa shape index (κ2) is 14.9. The van der Waals surface area contributed by atoms with Crippen LogP contribution in [0.3, 0.4) is 0 Å². The zero-order chi connectivity index (χ0) is 39.4. The van der Waals surface area contributed by atoms with Crippen LogP contribution in [0.1, 0.15) is 84.1 Å². The maximum absolute atomic E-state index is 14.7. The third kappa shape index (κ3) is 6.76. The lowest BCUT2D eigenvalue weighted by molar-refractivity contribution is -0.276. The van der Waals surface area contributed by atoms with E-state index >= 15 is 0 Å². The Bertz CT molecular complexity index is 1620. The molecule has 0 aromatic heterocycles. The molecule has 54 heavy (non-hydrogen) atoms. The van der Waals surface area contributed by atoms with Crippen molar-refractivity contribution in [2.45, 2.75) is 133 Å². The van der Waals surface area contributed by atoms with Gasteiger partial charge in [0.1, 0.15) is 18.2 Å². The molecule has 1 amide bonds. The number of nitrogens with one attached hydrogen (secondary N) is 1. The Hall–Kier alpha value is -3.40. The number of esters is 2. The fraction of sp³-hybridized carbons (Fsp3) is 0.700. The highest BCUT2D eigenvalue weighted by atomic mass is 16.7. The molecule has 5 fully saturated rings. The van der Waals surface area contributed by atoms with E-state index in [1.165, 1.54) is 0 Å². The minimum atomic E-state index is -2.31. The number of carboxylic acids is 1. The minimum Gasteiger partial charge on any atom is -0.480 e. The van der Waals surface area contributed by atoms with Gasteiger partial charge in [-0.1, -0.05) is 57.7 Å². The number of hydrogen-bond acceptors (Lipinski definition) is 12. The number of carbonyl (C=O) groups is 4. The molecule has 1 aliphatic heterocycles. The second-order valence-corrected chi connectivity index (χ2v) is 17.1. The Labute approximate surface area is 314 Å². The summed E-state index contributed by atoms with van der Waals surface area (Å²) in [6.45, 7) is 8.65. The van der Waals surface area contributed by atoms with Gasteiger partial charge in [-0.05, 0) is 79.3 Å². The monoisotopic (exact) mass is 757 g/mol. The van der Waals surface area contributed by atoms with E-state index in [0.29, 0.717) is 31.3 Å². The van der Waals surface area contributed by atoms with Crippen LogP contribution in [0.15, 0.2) is 42.5 Å². The van der Waals surface area contributed by atoms with Crippen molar-refractivity contribution in [3.8, 4) is 0 Å². The van der Waals surface area contributed by atoms with Crippen molar-refractivity contribution in [2.24, 2.45) is 34.0 Å². The predicted octanol–water partition coefficient (Wildman–Crippen LogP) is 1.77. The van der Waals surface area contributed by atoms with E-state index in [-0.39, 0.29) is 43.9 Å². The number of aliphatic hydroxyl groups is 5. The maximum atomic E-state index is 14.7. The summed E-state index contributed by atoms with van der Waals surface area (Å²) in [5, 5.41) is 69.5. The zero-order valence-corrected chi connectivity index (χ0v) is 31.2. The first-order valence-electron chi connectivity index (χ1n) is 19.1. The minimum absolute atomic E-state index is 0.00753. The van der Waals surface area contributed by atoms with E-state index in [9.17, 15) is 49.8 Å². The van der Waals surface area contributed by atoms with Gasteiger partial charge in [0.2, 0.25) is 12.2 Å². The Balaban J connectivity index is 1.32. The Morgan fingerprint density at radius 1 is 1.02 bits per heavy atom. The number of aliphatic carboxylic acids is 1. The molecule has 1 aromatic carbocycles. The first kappa shape index (κ1) is 40.3. The number of amides is 1. The summed E-state index contributed by atoms with van der Waals surface area (Å²) in [6.07, 6.45) is -7.52. The number of hydrogen-bond donors (Lipinski definition) is 7. The summed E-state index contributed by atoms with van der Waals surface area (Å²) in [7, 11) is 0. The molecule has 1 heterocycles. The Kier molecular flexibility index (Phi) is 11.1. The number of aliphatic hydroxyl groups excluding tert-OH is 4. The van der Waals surface area contributed by atoms with Crippen molar-refractivity contribution in [3.63, 3.8) is 0 Å². The van der Waals surface area contributed by atoms with Gasteiger partial charge >= 0.3 is 17.9 Å². The maximum Gasteiger partial charge on any atom is 0.326 e. The topological polar surface area (TPSA) is 229 Å². The molecule has 4 saturated carbocycles. The number of fused-ring (bicyclic) bond motifs is 3. The Morgan fingerprint density at radius 2 is 1.70 bits per heavy atom. The van der Waals surface area contributed by atoms with Crippen molar-refractivity contribution in [1.82, 2.24) is 5.32 Å². The van der Waals surface area contributed by atoms with E-state index < -0.39 is 107 Å². The molecule has 6 unspecified atom stereocenters. The van der Waals surface area contributed by atoms with Gasteiger partial charge in [0.25, 0.3) is 0 Å². The summed E-state index contributed by atoms with van der Waals surface area (Å²) < 4.78 is 17.6. The van der Waals surface area contributed by atoms with Crippen LogP contribution in [-0.4, -0.2) is 110 Å². The van der Waals surface area contributed by atoms with Gasteiger partial charge < -0.3 is 50.2 Å². The number of carbonyl (C=O) groups excluding carboxylic acids is 3. The summed E-state index contributed by atoms with van der Waals surface area (Å²) in [5.74, 6) is -5.43. The Morgan fingerprint density at radius 3 is 2.35 bits per heavy atom. The molecule has 0 radical (unpaired) electrons. The molecule has 1 aromatic rings. The summed E-state index contributed by atoms with van der Waals surface area (Å²) in [5.41, 5.74) is -4.19. The van der Waals surface area contributed by atoms with E-state index in [1.807, 2.05) is 37.3 Å². The largest absolute Gasteiger partial charge is 0.480 e. The average molecular weight is 758 g/mol. The lowest BCUT2D eigenvalue weighted by Gasteiger charge is -2.64.